The number of amides is 1. The molecule has 1 aliphatic heterocycles. The molecule has 6 nitrogen and oxygen atoms in total. The zero-order valence-electron chi connectivity index (χ0n) is 18.3. The number of likely N-dealkylation sites (tertiary alicyclic amines) is 1. The van der Waals surface area contributed by atoms with E-state index in [0.29, 0.717) is 18.2 Å². The second-order valence-electron chi connectivity index (χ2n) is 9.13. The van der Waals surface area contributed by atoms with Crippen LogP contribution in [-0.4, -0.2) is 41.0 Å². The first-order valence-corrected chi connectivity index (χ1v) is 10.9. The van der Waals surface area contributed by atoms with Crippen LogP contribution in [0.1, 0.15) is 62.5 Å². The lowest BCUT2D eigenvalue weighted by molar-refractivity contribution is -0.139. The molecule has 0 spiro atoms. The SMILES string of the molecule is COc1ccc(C2(C(=O)N3CCC[C@@](C)(c4cc(N)nc(C)n4)C3)CCCC2)cc1. The Labute approximate surface area is 178 Å². The number of aromatic nitrogens is 2. The largest absolute Gasteiger partial charge is 0.497 e. The summed E-state index contributed by atoms with van der Waals surface area (Å²) in [6, 6.07) is 9.94. The van der Waals surface area contributed by atoms with Gasteiger partial charge in [-0.3, -0.25) is 4.79 Å². The molecule has 160 valence electrons. The minimum atomic E-state index is -0.425. The van der Waals surface area contributed by atoms with Gasteiger partial charge in [0.2, 0.25) is 5.91 Å². The summed E-state index contributed by atoms with van der Waals surface area (Å²) >= 11 is 0. The maximum atomic E-state index is 14.0. The molecule has 4 rings (SSSR count). The smallest absolute Gasteiger partial charge is 0.233 e. The second-order valence-corrected chi connectivity index (χ2v) is 9.13. The first kappa shape index (κ1) is 20.6. The van der Waals surface area contributed by atoms with Gasteiger partial charge in [0, 0.05) is 24.6 Å². The van der Waals surface area contributed by atoms with E-state index in [9.17, 15) is 4.79 Å². The maximum absolute atomic E-state index is 14.0. The molecular weight excluding hydrogens is 376 g/mol. The number of nitrogens with two attached hydrogens (primary N) is 1. The summed E-state index contributed by atoms with van der Waals surface area (Å²) < 4.78 is 5.32. The molecular formula is C24H32N4O2. The predicted molar refractivity (Wildman–Crippen MR) is 117 cm³/mol. The third-order valence-corrected chi connectivity index (χ3v) is 6.97. The molecule has 0 bridgehead atoms. The fourth-order valence-corrected chi connectivity index (χ4v) is 5.34. The molecule has 2 aliphatic rings. The fourth-order valence-electron chi connectivity index (χ4n) is 5.34. The van der Waals surface area contributed by atoms with Gasteiger partial charge in [-0.25, -0.2) is 9.97 Å². The fraction of sp³-hybridized carbons (Fsp3) is 0.542. The lowest BCUT2D eigenvalue weighted by atomic mass is 9.74. The van der Waals surface area contributed by atoms with Crippen LogP contribution < -0.4 is 10.5 Å². The topological polar surface area (TPSA) is 81.3 Å². The number of hydrogen-bond donors (Lipinski definition) is 1. The van der Waals surface area contributed by atoms with Crippen molar-refractivity contribution in [1.82, 2.24) is 14.9 Å². The Bertz CT molecular complexity index is 901. The van der Waals surface area contributed by atoms with E-state index in [2.05, 4.69) is 33.9 Å². The van der Waals surface area contributed by atoms with Gasteiger partial charge in [0.05, 0.1) is 18.2 Å². The first-order valence-electron chi connectivity index (χ1n) is 10.9. The van der Waals surface area contributed by atoms with Gasteiger partial charge in [0.1, 0.15) is 17.4 Å². The Morgan fingerprint density at radius 1 is 1.10 bits per heavy atom. The lowest BCUT2D eigenvalue weighted by Gasteiger charge is -2.44. The molecule has 2 N–H and O–H groups in total. The number of methoxy groups -OCH3 is 1. The van der Waals surface area contributed by atoms with E-state index in [0.717, 1.165) is 62.1 Å². The van der Waals surface area contributed by atoms with E-state index in [1.807, 2.05) is 25.1 Å². The van der Waals surface area contributed by atoms with Gasteiger partial charge in [0.15, 0.2) is 0 Å². The van der Waals surface area contributed by atoms with E-state index >= 15 is 0 Å². The second kappa shape index (κ2) is 7.89. The third-order valence-electron chi connectivity index (χ3n) is 6.97. The predicted octanol–water partition coefficient (Wildman–Crippen LogP) is 3.77. The number of rotatable bonds is 4. The van der Waals surface area contributed by atoms with Crippen LogP contribution in [0.25, 0.3) is 0 Å². The van der Waals surface area contributed by atoms with Crippen LogP contribution in [0.3, 0.4) is 0 Å². The zero-order valence-corrected chi connectivity index (χ0v) is 18.3. The van der Waals surface area contributed by atoms with Crippen LogP contribution >= 0.6 is 0 Å². The summed E-state index contributed by atoms with van der Waals surface area (Å²) in [6.07, 6.45) is 5.94. The molecule has 2 fully saturated rings. The van der Waals surface area contributed by atoms with Crippen molar-refractivity contribution < 1.29 is 9.53 Å². The molecule has 6 heteroatoms. The van der Waals surface area contributed by atoms with Crippen molar-refractivity contribution in [1.29, 1.82) is 0 Å². The van der Waals surface area contributed by atoms with E-state index in [-0.39, 0.29) is 11.3 Å². The number of carbonyl (C=O) groups excluding carboxylic acids is 1. The number of ether oxygens (including phenoxy) is 1. The summed E-state index contributed by atoms with van der Waals surface area (Å²) in [5, 5.41) is 0. The minimum Gasteiger partial charge on any atom is -0.497 e. The Morgan fingerprint density at radius 2 is 1.80 bits per heavy atom. The molecule has 1 atom stereocenters. The maximum Gasteiger partial charge on any atom is 0.233 e. The average molecular weight is 409 g/mol. The van der Waals surface area contributed by atoms with Gasteiger partial charge in [-0.2, -0.15) is 0 Å². The number of aryl methyl sites for hydroxylation is 1. The van der Waals surface area contributed by atoms with Crippen molar-refractivity contribution in [3.63, 3.8) is 0 Å². The highest BCUT2D eigenvalue weighted by atomic mass is 16.5. The first-order chi connectivity index (χ1) is 14.4. The van der Waals surface area contributed by atoms with Crippen molar-refractivity contribution in [2.24, 2.45) is 0 Å². The molecule has 30 heavy (non-hydrogen) atoms. The number of anilines is 1. The van der Waals surface area contributed by atoms with Gasteiger partial charge in [0.25, 0.3) is 0 Å². The van der Waals surface area contributed by atoms with Crippen LogP contribution in [0.4, 0.5) is 5.82 Å². The molecule has 2 heterocycles. The van der Waals surface area contributed by atoms with Gasteiger partial charge in [-0.05, 0) is 50.3 Å². The summed E-state index contributed by atoms with van der Waals surface area (Å²) in [5.74, 6) is 2.25. The number of piperidine rings is 1. The molecule has 1 aromatic heterocycles. The van der Waals surface area contributed by atoms with Crippen LogP contribution in [-0.2, 0) is 15.6 Å². The van der Waals surface area contributed by atoms with Crippen molar-refractivity contribution in [2.75, 3.05) is 25.9 Å². The molecule has 1 amide bonds. The summed E-state index contributed by atoms with van der Waals surface area (Å²) in [4.78, 5) is 24.9. The van der Waals surface area contributed by atoms with Gasteiger partial charge < -0.3 is 15.4 Å². The third kappa shape index (κ3) is 3.64. The molecule has 0 radical (unpaired) electrons. The van der Waals surface area contributed by atoms with Crippen molar-refractivity contribution in [2.45, 2.75) is 63.2 Å². The molecule has 1 saturated heterocycles. The van der Waals surface area contributed by atoms with Crippen molar-refractivity contribution in [3.8, 4) is 5.75 Å². The molecule has 1 aromatic carbocycles. The van der Waals surface area contributed by atoms with Crippen LogP contribution in [0.2, 0.25) is 0 Å². The quantitative estimate of drug-likeness (QED) is 0.833. The number of nitrogen functional groups attached to an aromatic ring is 1. The van der Waals surface area contributed by atoms with Gasteiger partial charge >= 0.3 is 0 Å². The highest BCUT2D eigenvalue weighted by Gasteiger charge is 2.47. The Hall–Kier alpha value is -2.63. The Balaban J connectivity index is 1.63. The average Bonchev–Trinajstić information content (AvgIpc) is 3.24. The number of hydrogen-bond acceptors (Lipinski definition) is 5. The number of nitrogens with zero attached hydrogens (tertiary/aromatic N) is 3. The Morgan fingerprint density at radius 3 is 2.43 bits per heavy atom. The number of benzene rings is 1. The summed E-state index contributed by atoms with van der Waals surface area (Å²) in [5.41, 5.74) is 7.41. The molecule has 0 unspecified atom stereocenters. The van der Waals surface area contributed by atoms with Gasteiger partial charge in [-0.1, -0.05) is 31.9 Å². The van der Waals surface area contributed by atoms with Crippen molar-refractivity contribution >= 4 is 11.7 Å². The van der Waals surface area contributed by atoms with Crippen LogP contribution in [0, 0.1) is 6.92 Å². The normalized spacial score (nSPS) is 23.4. The van der Waals surface area contributed by atoms with Gasteiger partial charge in [-0.15, -0.1) is 0 Å². The highest BCUT2D eigenvalue weighted by Crippen LogP contribution is 2.44. The highest BCUT2D eigenvalue weighted by molar-refractivity contribution is 5.89. The molecule has 1 saturated carbocycles. The summed E-state index contributed by atoms with van der Waals surface area (Å²) in [6.45, 7) is 5.53. The monoisotopic (exact) mass is 408 g/mol. The van der Waals surface area contributed by atoms with Crippen LogP contribution in [0.5, 0.6) is 5.75 Å². The van der Waals surface area contributed by atoms with Crippen molar-refractivity contribution in [3.05, 3.63) is 47.4 Å². The Kier molecular flexibility index (Phi) is 5.43. The summed E-state index contributed by atoms with van der Waals surface area (Å²) in [7, 11) is 1.67. The minimum absolute atomic E-state index is 0.213. The molecule has 2 aromatic rings. The standard InChI is InChI=1S/C24H32N4O2/c1-17-26-20(15-21(25)27-17)23(2)11-6-14-28(16-23)22(29)24(12-4-5-13-24)18-7-9-19(30-3)10-8-18/h7-10,15H,4-6,11-14,16H2,1-3H3,(H2,25,26,27)/t23-/m1/s1. The molecule has 1 aliphatic carbocycles. The zero-order chi connectivity index (χ0) is 21.4. The van der Waals surface area contributed by atoms with Crippen LogP contribution in [0.15, 0.2) is 30.3 Å². The number of carbonyl (C=O) groups is 1. The van der Waals surface area contributed by atoms with E-state index < -0.39 is 5.41 Å². The van der Waals surface area contributed by atoms with E-state index in [4.69, 9.17) is 10.5 Å². The van der Waals surface area contributed by atoms with E-state index in [1.165, 1.54) is 0 Å². The lowest BCUT2D eigenvalue weighted by Crippen LogP contribution is -2.53. The van der Waals surface area contributed by atoms with E-state index in [1.54, 1.807) is 7.11 Å².